The molecular formula is C17H20ClN5O3S. The summed E-state index contributed by atoms with van der Waals surface area (Å²) in [6.45, 7) is 0. The smallest absolute Gasteiger partial charge is 0.312 e. The van der Waals surface area contributed by atoms with E-state index in [0.717, 1.165) is 18.9 Å². The van der Waals surface area contributed by atoms with Crippen molar-refractivity contribution in [2.45, 2.75) is 44.9 Å². The van der Waals surface area contributed by atoms with Gasteiger partial charge in [-0.2, -0.15) is 14.9 Å². The topological polar surface area (TPSA) is 109 Å². The number of H-pyrrole nitrogens is 1. The summed E-state index contributed by atoms with van der Waals surface area (Å²) in [6.07, 6.45) is 9.41. The van der Waals surface area contributed by atoms with Gasteiger partial charge in [0.15, 0.2) is 5.82 Å². The normalized spacial score (nSPS) is 15.4. The van der Waals surface area contributed by atoms with Gasteiger partial charge in [0.25, 0.3) is 0 Å². The number of nitro benzene ring substituents is 1. The zero-order valence-electron chi connectivity index (χ0n) is 14.6. The first kappa shape index (κ1) is 19.5. The van der Waals surface area contributed by atoms with Crippen LogP contribution in [0.4, 0.5) is 5.69 Å². The predicted octanol–water partition coefficient (Wildman–Crippen LogP) is 4.60. The number of phenols is 1. The van der Waals surface area contributed by atoms with Crippen molar-refractivity contribution in [3.8, 4) is 5.75 Å². The van der Waals surface area contributed by atoms with Crippen molar-refractivity contribution in [1.29, 1.82) is 0 Å². The lowest BCUT2D eigenvalue weighted by Crippen LogP contribution is -2.09. The van der Waals surface area contributed by atoms with Crippen molar-refractivity contribution < 1.29 is 10.0 Å². The van der Waals surface area contributed by atoms with Crippen LogP contribution < -0.4 is 0 Å². The number of aromatic hydroxyl groups is 1. The molecular weight excluding hydrogens is 390 g/mol. The lowest BCUT2D eigenvalue weighted by atomic mass is 9.86. The molecule has 1 aliphatic rings. The monoisotopic (exact) mass is 409 g/mol. The molecule has 0 aliphatic heterocycles. The quantitative estimate of drug-likeness (QED) is 0.313. The maximum Gasteiger partial charge on any atom is 0.312 e. The molecule has 0 amide bonds. The molecule has 0 radical (unpaired) electrons. The second-order valence-corrected chi connectivity index (χ2v) is 7.49. The molecule has 1 aliphatic carbocycles. The number of hydrogen-bond donors (Lipinski definition) is 2. The van der Waals surface area contributed by atoms with Gasteiger partial charge in [-0.3, -0.25) is 15.2 Å². The number of phenolic OH excluding ortho intramolecular Hbond substituents is 1. The van der Waals surface area contributed by atoms with E-state index in [1.807, 2.05) is 0 Å². The van der Waals surface area contributed by atoms with Crippen LogP contribution in [-0.2, 0) is 6.42 Å². The van der Waals surface area contributed by atoms with Crippen molar-refractivity contribution in [3.05, 3.63) is 43.4 Å². The fraction of sp³-hybridized carbons (Fsp3) is 0.471. The number of benzene rings is 1. The van der Waals surface area contributed by atoms with Crippen molar-refractivity contribution in [1.82, 2.24) is 14.9 Å². The van der Waals surface area contributed by atoms with E-state index in [1.165, 1.54) is 49.1 Å². The van der Waals surface area contributed by atoms with Gasteiger partial charge in [-0.05, 0) is 30.6 Å². The fourth-order valence-corrected chi connectivity index (χ4v) is 3.80. The van der Waals surface area contributed by atoms with Gasteiger partial charge < -0.3 is 5.11 Å². The lowest BCUT2D eigenvalue weighted by Gasteiger charge is -2.20. The van der Waals surface area contributed by atoms with Crippen LogP contribution in [0.2, 0.25) is 5.02 Å². The minimum Gasteiger partial charge on any atom is -0.502 e. The van der Waals surface area contributed by atoms with Crippen molar-refractivity contribution in [2.24, 2.45) is 11.0 Å². The molecule has 10 heteroatoms. The van der Waals surface area contributed by atoms with Gasteiger partial charge in [-0.25, -0.2) is 0 Å². The standard InChI is InChI=1S/C17H20ClN5O3S/c18-13-8-12(16(24)14(9-13)23(25)26)10-19-22-15(20-21-17(22)27)7-6-11-4-2-1-3-5-11/h8-11,24H,1-7H2,(H,21,27)/b19-10-. The molecule has 1 saturated carbocycles. The van der Waals surface area contributed by atoms with E-state index in [4.69, 9.17) is 23.8 Å². The average molecular weight is 410 g/mol. The van der Waals surface area contributed by atoms with Gasteiger partial charge in [-0.1, -0.05) is 43.7 Å². The van der Waals surface area contributed by atoms with Crippen LogP contribution in [0, 0.1) is 20.8 Å². The Kier molecular flexibility index (Phi) is 6.22. The van der Waals surface area contributed by atoms with E-state index in [0.29, 0.717) is 16.5 Å². The molecule has 8 nitrogen and oxygen atoms in total. The fourth-order valence-electron chi connectivity index (χ4n) is 3.38. The Hall–Kier alpha value is -2.26. The highest BCUT2D eigenvalue weighted by molar-refractivity contribution is 7.71. The Labute approximate surface area is 166 Å². The van der Waals surface area contributed by atoms with E-state index >= 15 is 0 Å². The Morgan fingerprint density at radius 1 is 1.44 bits per heavy atom. The molecule has 1 heterocycles. The second kappa shape index (κ2) is 8.62. The highest BCUT2D eigenvalue weighted by Crippen LogP contribution is 2.32. The highest BCUT2D eigenvalue weighted by atomic mass is 35.5. The Bertz CT molecular complexity index is 918. The molecule has 27 heavy (non-hydrogen) atoms. The molecule has 0 spiro atoms. The Balaban J connectivity index is 1.80. The maximum absolute atomic E-state index is 11.0. The SMILES string of the molecule is O=[N+]([O-])c1cc(Cl)cc(/C=N\n2c(CCC3CCCCC3)n[nH]c2=S)c1O. The molecule has 144 valence electrons. The minimum absolute atomic E-state index is 0.134. The molecule has 0 saturated heterocycles. The number of nitro groups is 1. The number of nitrogens with zero attached hydrogens (tertiary/aromatic N) is 4. The zero-order valence-corrected chi connectivity index (χ0v) is 16.2. The van der Waals surface area contributed by atoms with Crippen LogP contribution in [0.15, 0.2) is 17.2 Å². The largest absolute Gasteiger partial charge is 0.502 e. The van der Waals surface area contributed by atoms with Crippen molar-refractivity contribution in [2.75, 3.05) is 0 Å². The maximum atomic E-state index is 11.0. The van der Waals surface area contributed by atoms with Gasteiger partial charge in [0.1, 0.15) is 0 Å². The molecule has 0 unspecified atom stereocenters. The van der Waals surface area contributed by atoms with Gasteiger partial charge in [0.05, 0.1) is 11.1 Å². The summed E-state index contributed by atoms with van der Waals surface area (Å²) in [5.74, 6) is 0.894. The third-order valence-corrected chi connectivity index (χ3v) is 5.29. The number of aryl methyl sites for hydroxylation is 1. The summed E-state index contributed by atoms with van der Waals surface area (Å²) < 4.78 is 1.80. The summed E-state index contributed by atoms with van der Waals surface area (Å²) in [7, 11) is 0. The van der Waals surface area contributed by atoms with Crippen LogP contribution in [0.5, 0.6) is 5.75 Å². The molecule has 2 aromatic rings. The number of nitrogens with one attached hydrogen (secondary N) is 1. The van der Waals surface area contributed by atoms with E-state index in [9.17, 15) is 15.2 Å². The van der Waals surface area contributed by atoms with Crippen LogP contribution in [0.1, 0.15) is 49.9 Å². The highest BCUT2D eigenvalue weighted by Gasteiger charge is 2.18. The number of hydrogen-bond acceptors (Lipinski definition) is 6. The van der Waals surface area contributed by atoms with Crippen LogP contribution in [0.3, 0.4) is 0 Å². The third kappa shape index (κ3) is 4.72. The van der Waals surface area contributed by atoms with Crippen LogP contribution in [0.25, 0.3) is 0 Å². The third-order valence-electron chi connectivity index (χ3n) is 4.81. The van der Waals surface area contributed by atoms with Gasteiger partial charge in [-0.15, -0.1) is 0 Å². The first-order chi connectivity index (χ1) is 13.0. The predicted molar refractivity (Wildman–Crippen MR) is 105 cm³/mol. The van der Waals surface area contributed by atoms with Crippen LogP contribution in [-0.4, -0.2) is 31.1 Å². The first-order valence-corrected chi connectivity index (χ1v) is 9.62. The zero-order chi connectivity index (χ0) is 19.4. The summed E-state index contributed by atoms with van der Waals surface area (Å²) in [5, 5.41) is 32.4. The van der Waals surface area contributed by atoms with Gasteiger partial charge in [0.2, 0.25) is 10.5 Å². The van der Waals surface area contributed by atoms with E-state index in [-0.39, 0.29) is 10.6 Å². The van der Waals surface area contributed by atoms with E-state index in [2.05, 4.69) is 15.3 Å². The van der Waals surface area contributed by atoms with Crippen molar-refractivity contribution >= 4 is 35.7 Å². The average Bonchev–Trinajstić information content (AvgIpc) is 3.00. The molecule has 1 fully saturated rings. The second-order valence-electron chi connectivity index (χ2n) is 6.66. The molecule has 3 rings (SSSR count). The Morgan fingerprint density at radius 3 is 2.89 bits per heavy atom. The molecule has 1 aromatic heterocycles. The molecule has 0 bridgehead atoms. The summed E-state index contributed by atoms with van der Waals surface area (Å²) >= 11 is 11.1. The number of aromatic nitrogens is 3. The molecule has 1 aromatic carbocycles. The van der Waals surface area contributed by atoms with E-state index in [1.54, 1.807) is 0 Å². The number of rotatable bonds is 6. The number of halogens is 1. The van der Waals surface area contributed by atoms with E-state index < -0.39 is 16.4 Å². The minimum atomic E-state index is -0.697. The number of aromatic amines is 1. The first-order valence-electron chi connectivity index (χ1n) is 8.83. The lowest BCUT2D eigenvalue weighted by molar-refractivity contribution is -0.385. The van der Waals surface area contributed by atoms with Gasteiger partial charge >= 0.3 is 5.69 Å². The summed E-state index contributed by atoms with van der Waals surface area (Å²) in [6, 6.07) is 2.49. The Morgan fingerprint density at radius 2 is 2.19 bits per heavy atom. The molecule has 2 N–H and O–H groups in total. The molecule has 0 atom stereocenters. The summed E-state index contributed by atoms with van der Waals surface area (Å²) in [5.41, 5.74) is -0.340. The van der Waals surface area contributed by atoms with Gasteiger partial charge in [0, 0.05) is 23.1 Å². The van der Waals surface area contributed by atoms with Crippen molar-refractivity contribution in [3.63, 3.8) is 0 Å². The summed E-state index contributed by atoms with van der Waals surface area (Å²) in [4.78, 5) is 10.3. The van der Waals surface area contributed by atoms with Crippen LogP contribution >= 0.6 is 23.8 Å².